The summed E-state index contributed by atoms with van der Waals surface area (Å²) in [6, 6.07) is 17.2. The molecule has 0 amide bonds. The number of benzene rings is 2. The summed E-state index contributed by atoms with van der Waals surface area (Å²) in [5.41, 5.74) is 1.18. The SMILES string of the molecule is CC1(c2cccc3ccccc23)C=CC=CC1CC#N. The van der Waals surface area contributed by atoms with E-state index in [1.807, 2.05) is 0 Å². The van der Waals surface area contributed by atoms with Crippen LogP contribution in [-0.4, -0.2) is 0 Å². The van der Waals surface area contributed by atoms with Crippen LogP contribution in [-0.2, 0) is 5.41 Å². The highest BCUT2D eigenvalue weighted by Crippen LogP contribution is 2.41. The van der Waals surface area contributed by atoms with Gasteiger partial charge in [0.1, 0.15) is 0 Å². The minimum Gasteiger partial charge on any atom is -0.198 e. The Hall–Kier alpha value is -2.33. The minimum absolute atomic E-state index is 0.120. The fourth-order valence-electron chi connectivity index (χ4n) is 3.14. The van der Waals surface area contributed by atoms with Crippen LogP contribution in [0, 0.1) is 17.2 Å². The van der Waals surface area contributed by atoms with Gasteiger partial charge in [-0.25, -0.2) is 0 Å². The Morgan fingerprint density at radius 2 is 1.90 bits per heavy atom. The van der Waals surface area contributed by atoms with Gasteiger partial charge in [-0.05, 0) is 16.3 Å². The maximum Gasteiger partial charge on any atom is 0.0628 e. The van der Waals surface area contributed by atoms with E-state index in [1.165, 1.54) is 16.3 Å². The molecule has 2 atom stereocenters. The molecule has 2 aromatic rings. The Bertz CT molecular complexity index is 728. The van der Waals surface area contributed by atoms with Gasteiger partial charge in [-0.15, -0.1) is 0 Å². The molecule has 0 saturated heterocycles. The van der Waals surface area contributed by atoms with Gasteiger partial charge in [-0.2, -0.15) is 5.26 Å². The Labute approximate surface area is 119 Å². The molecule has 2 unspecified atom stereocenters. The third-order valence-corrected chi connectivity index (χ3v) is 4.35. The third kappa shape index (κ3) is 1.94. The summed E-state index contributed by atoms with van der Waals surface area (Å²) < 4.78 is 0. The molecule has 0 bridgehead atoms. The van der Waals surface area contributed by atoms with Crippen LogP contribution in [0.2, 0.25) is 0 Å². The van der Waals surface area contributed by atoms with Crippen LogP contribution in [0.25, 0.3) is 10.8 Å². The largest absolute Gasteiger partial charge is 0.198 e. The fraction of sp³-hybridized carbons (Fsp3) is 0.211. The maximum absolute atomic E-state index is 9.10. The van der Waals surface area contributed by atoms with Gasteiger partial charge in [0.05, 0.1) is 6.07 Å². The summed E-state index contributed by atoms with van der Waals surface area (Å²) in [5.74, 6) is 0.225. The van der Waals surface area contributed by atoms with Crippen LogP contribution in [0.5, 0.6) is 0 Å². The maximum atomic E-state index is 9.10. The van der Waals surface area contributed by atoms with E-state index in [2.05, 4.69) is 79.8 Å². The molecular formula is C19H17N. The number of hydrogen-bond donors (Lipinski definition) is 0. The molecule has 3 rings (SSSR count). The smallest absolute Gasteiger partial charge is 0.0628 e. The molecule has 0 aliphatic heterocycles. The standard InChI is InChI=1S/C19H17N/c1-19(13-5-4-9-16(19)12-14-20)18-11-6-8-15-7-2-3-10-17(15)18/h2-11,13,16H,12H2,1H3. The third-order valence-electron chi connectivity index (χ3n) is 4.35. The van der Waals surface area contributed by atoms with E-state index in [0.29, 0.717) is 6.42 Å². The highest BCUT2D eigenvalue weighted by atomic mass is 14.4. The quantitative estimate of drug-likeness (QED) is 0.763. The highest BCUT2D eigenvalue weighted by molar-refractivity contribution is 5.87. The summed E-state index contributed by atoms with van der Waals surface area (Å²) in [7, 11) is 0. The Morgan fingerprint density at radius 3 is 2.75 bits per heavy atom. The van der Waals surface area contributed by atoms with E-state index in [-0.39, 0.29) is 11.3 Å². The number of fused-ring (bicyclic) bond motifs is 1. The van der Waals surface area contributed by atoms with Crippen molar-refractivity contribution >= 4 is 10.8 Å². The van der Waals surface area contributed by atoms with Crippen molar-refractivity contribution in [2.75, 3.05) is 0 Å². The molecule has 98 valence electrons. The molecule has 1 heteroatoms. The molecule has 1 nitrogen and oxygen atoms in total. The normalized spacial score (nSPS) is 24.7. The summed E-state index contributed by atoms with van der Waals surface area (Å²) in [6.45, 7) is 2.23. The van der Waals surface area contributed by atoms with E-state index in [9.17, 15) is 0 Å². The molecule has 0 heterocycles. The van der Waals surface area contributed by atoms with Crippen molar-refractivity contribution < 1.29 is 0 Å². The summed E-state index contributed by atoms with van der Waals surface area (Å²) in [4.78, 5) is 0. The zero-order chi connectivity index (χ0) is 14.0. The number of hydrogen-bond acceptors (Lipinski definition) is 1. The first kappa shape index (κ1) is 12.7. The Kier molecular flexibility index (Phi) is 3.16. The van der Waals surface area contributed by atoms with Gasteiger partial charge in [-0.1, -0.05) is 73.7 Å². The van der Waals surface area contributed by atoms with Crippen molar-refractivity contribution in [3.8, 4) is 6.07 Å². The predicted molar refractivity (Wildman–Crippen MR) is 83.3 cm³/mol. The predicted octanol–water partition coefficient (Wildman–Crippen LogP) is 4.75. The molecule has 1 aliphatic rings. The summed E-state index contributed by atoms with van der Waals surface area (Å²) >= 11 is 0. The van der Waals surface area contributed by atoms with E-state index < -0.39 is 0 Å². The van der Waals surface area contributed by atoms with Crippen molar-refractivity contribution in [2.45, 2.75) is 18.8 Å². The summed E-state index contributed by atoms with van der Waals surface area (Å²) in [6.07, 6.45) is 9.08. The van der Waals surface area contributed by atoms with E-state index >= 15 is 0 Å². The zero-order valence-corrected chi connectivity index (χ0v) is 11.6. The fourth-order valence-corrected chi connectivity index (χ4v) is 3.14. The number of allylic oxidation sites excluding steroid dienone is 4. The van der Waals surface area contributed by atoms with Gasteiger partial charge in [0.15, 0.2) is 0 Å². The van der Waals surface area contributed by atoms with E-state index in [0.717, 1.165) is 0 Å². The van der Waals surface area contributed by atoms with Crippen molar-refractivity contribution in [1.82, 2.24) is 0 Å². The molecule has 0 saturated carbocycles. The molecule has 20 heavy (non-hydrogen) atoms. The van der Waals surface area contributed by atoms with Crippen molar-refractivity contribution in [3.63, 3.8) is 0 Å². The number of rotatable bonds is 2. The van der Waals surface area contributed by atoms with Crippen LogP contribution in [0.1, 0.15) is 18.9 Å². The van der Waals surface area contributed by atoms with Gasteiger partial charge in [0, 0.05) is 17.8 Å². The van der Waals surface area contributed by atoms with Gasteiger partial charge >= 0.3 is 0 Å². The second kappa shape index (κ2) is 4.98. The van der Waals surface area contributed by atoms with Crippen LogP contribution in [0.3, 0.4) is 0 Å². The molecule has 2 aromatic carbocycles. The molecule has 0 spiro atoms. The van der Waals surface area contributed by atoms with Gasteiger partial charge < -0.3 is 0 Å². The van der Waals surface area contributed by atoms with Crippen LogP contribution in [0.15, 0.2) is 66.8 Å². The van der Waals surface area contributed by atoms with Crippen molar-refractivity contribution in [2.24, 2.45) is 5.92 Å². The Balaban J connectivity index is 2.21. The first-order valence-electron chi connectivity index (χ1n) is 6.97. The Morgan fingerprint density at radius 1 is 1.10 bits per heavy atom. The number of nitriles is 1. The van der Waals surface area contributed by atoms with Crippen molar-refractivity contribution in [3.05, 3.63) is 72.3 Å². The average Bonchev–Trinajstić information content (AvgIpc) is 2.49. The average molecular weight is 259 g/mol. The minimum atomic E-state index is -0.120. The van der Waals surface area contributed by atoms with Crippen LogP contribution >= 0.6 is 0 Å². The lowest BCUT2D eigenvalue weighted by Crippen LogP contribution is -2.30. The highest BCUT2D eigenvalue weighted by Gasteiger charge is 2.34. The second-order valence-electron chi connectivity index (χ2n) is 5.52. The van der Waals surface area contributed by atoms with Gasteiger partial charge in [-0.3, -0.25) is 0 Å². The zero-order valence-electron chi connectivity index (χ0n) is 11.6. The lowest BCUT2D eigenvalue weighted by Gasteiger charge is -2.35. The van der Waals surface area contributed by atoms with Gasteiger partial charge in [0.25, 0.3) is 0 Å². The molecule has 0 radical (unpaired) electrons. The molecule has 0 fully saturated rings. The monoisotopic (exact) mass is 259 g/mol. The number of nitrogens with zero attached hydrogens (tertiary/aromatic N) is 1. The topological polar surface area (TPSA) is 23.8 Å². The molecular weight excluding hydrogens is 242 g/mol. The lowest BCUT2D eigenvalue weighted by atomic mass is 9.67. The second-order valence-corrected chi connectivity index (χ2v) is 5.52. The first-order valence-corrected chi connectivity index (χ1v) is 6.97. The van der Waals surface area contributed by atoms with Crippen LogP contribution < -0.4 is 0 Å². The van der Waals surface area contributed by atoms with E-state index in [4.69, 9.17) is 5.26 Å². The lowest BCUT2D eigenvalue weighted by molar-refractivity contribution is 0.435. The molecule has 0 N–H and O–H groups in total. The molecule has 0 aromatic heterocycles. The molecule has 1 aliphatic carbocycles. The first-order chi connectivity index (χ1) is 9.75. The van der Waals surface area contributed by atoms with Gasteiger partial charge in [0.2, 0.25) is 0 Å². The van der Waals surface area contributed by atoms with Crippen LogP contribution in [0.4, 0.5) is 0 Å². The van der Waals surface area contributed by atoms with E-state index in [1.54, 1.807) is 0 Å². The van der Waals surface area contributed by atoms with Crippen molar-refractivity contribution in [1.29, 1.82) is 5.26 Å². The summed E-state index contributed by atoms with van der Waals surface area (Å²) in [5, 5.41) is 11.6.